The Hall–Kier alpha value is -1.65. The number of nitrogens with one attached hydrogen (secondary N) is 1. The van der Waals surface area contributed by atoms with Crippen LogP contribution in [-0.2, 0) is 24.6 Å². The second-order valence-electron chi connectivity index (χ2n) is 6.46. The van der Waals surface area contributed by atoms with E-state index in [4.69, 9.17) is 4.74 Å². The molecule has 4 rings (SSSR count). The molecule has 1 aliphatic heterocycles. The molecule has 22 heavy (non-hydrogen) atoms. The predicted octanol–water partition coefficient (Wildman–Crippen LogP) is 2.40. The van der Waals surface area contributed by atoms with E-state index in [1.165, 1.54) is 24.0 Å². The number of aromatic nitrogens is 2. The van der Waals surface area contributed by atoms with Crippen LogP contribution in [0.3, 0.4) is 0 Å². The summed E-state index contributed by atoms with van der Waals surface area (Å²) in [5.74, 6) is 1.03. The van der Waals surface area contributed by atoms with Crippen LogP contribution in [0.5, 0.6) is 0 Å². The fourth-order valence-electron chi connectivity index (χ4n) is 3.81. The van der Waals surface area contributed by atoms with E-state index >= 15 is 0 Å². The zero-order valence-electron chi connectivity index (χ0n) is 13.0. The van der Waals surface area contributed by atoms with Gasteiger partial charge in [-0.1, -0.05) is 24.3 Å². The van der Waals surface area contributed by atoms with Gasteiger partial charge in [-0.2, -0.15) is 0 Å². The van der Waals surface area contributed by atoms with E-state index in [9.17, 15) is 0 Å². The van der Waals surface area contributed by atoms with E-state index in [2.05, 4.69) is 39.1 Å². The molecule has 2 aliphatic rings. The first-order chi connectivity index (χ1) is 10.8. The van der Waals surface area contributed by atoms with E-state index in [-0.39, 0.29) is 6.10 Å². The molecule has 1 N–H and O–H groups in total. The van der Waals surface area contributed by atoms with Crippen molar-refractivity contribution in [2.24, 2.45) is 7.05 Å². The molecule has 2 aromatic rings. The lowest BCUT2D eigenvalue weighted by atomic mass is 9.87. The molecule has 4 heteroatoms. The highest BCUT2D eigenvalue weighted by molar-refractivity contribution is 5.30. The van der Waals surface area contributed by atoms with E-state index < -0.39 is 0 Å². The fourth-order valence-corrected chi connectivity index (χ4v) is 3.81. The van der Waals surface area contributed by atoms with Crippen molar-refractivity contribution < 1.29 is 4.74 Å². The van der Waals surface area contributed by atoms with Crippen LogP contribution in [0.4, 0.5) is 0 Å². The monoisotopic (exact) mass is 297 g/mol. The van der Waals surface area contributed by atoms with Gasteiger partial charge in [0.25, 0.3) is 0 Å². The average Bonchev–Trinajstić information content (AvgIpc) is 3.15. The molecule has 3 atom stereocenters. The second kappa shape index (κ2) is 5.86. The fraction of sp³-hybridized carbons (Fsp3) is 0.500. The average molecular weight is 297 g/mol. The Morgan fingerprint density at radius 3 is 2.91 bits per heavy atom. The first-order valence-corrected chi connectivity index (χ1v) is 8.23. The zero-order valence-corrected chi connectivity index (χ0v) is 13.0. The maximum atomic E-state index is 5.96. The molecule has 0 radical (unpaired) electrons. The topological polar surface area (TPSA) is 39.1 Å². The van der Waals surface area contributed by atoms with E-state index in [0.29, 0.717) is 12.1 Å². The Kier molecular flexibility index (Phi) is 3.72. The molecular formula is C18H23N3O. The number of hydrogen-bond donors (Lipinski definition) is 1. The van der Waals surface area contributed by atoms with Crippen LogP contribution in [-0.4, -0.2) is 28.2 Å². The van der Waals surface area contributed by atoms with Gasteiger partial charge in [0.15, 0.2) is 0 Å². The third kappa shape index (κ3) is 2.57. The number of hydrogen-bond acceptors (Lipinski definition) is 3. The summed E-state index contributed by atoms with van der Waals surface area (Å²) in [6.07, 6.45) is 8.50. The summed E-state index contributed by atoms with van der Waals surface area (Å²) in [6.45, 7) is 0.818. The molecule has 0 amide bonds. The number of benzene rings is 1. The third-order valence-electron chi connectivity index (χ3n) is 5.00. The molecule has 116 valence electrons. The molecule has 1 aliphatic carbocycles. The molecule has 1 aromatic heterocycles. The summed E-state index contributed by atoms with van der Waals surface area (Å²) in [6, 6.07) is 9.75. The largest absolute Gasteiger partial charge is 0.369 e. The molecule has 2 heterocycles. The van der Waals surface area contributed by atoms with Crippen LogP contribution in [0.1, 0.15) is 35.9 Å². The Balaban J connectivity index is 1.46. The molecule has 0 saturated carbocycles. The van der Waals surface area contributed by atoms with Gasteiger partial charge in [-0.3, -0.25) is 0 Å². The summed E-state index contributed by atoms with van der Waals surface area (Å²) in [4.78, 5) is 4.48. The highest BCUT2D eigenvalue weighted by Crippen LogP contribution is 2.30. The van der Waals surface area contributed by atoms with E-state index in [1.54, 1.807) is 0 Å². The molecule has 0 spiro atoms. The SMILES string of the molecule is Cn1ccnc1[C@H]1OCC[C@@H]1NC1CCc2ccccc2C1. The number of nitrogens with zero attached hydrogens (tertiary/aromatic N) is 2. The van der Waals surface area contributed by atoms with Crippen molar-refractivity contribution >= 4 is 0 Å². The van der Waals surface area contributed by atoms with Gasteiger partial charge in [0.05, 0.1) is 0 Å². The van der Waals surface area contributed by atoms with Crippen LogP contribution >= 0.6 is 0 Å². The van der Waals surface area contributed by atoms with Crippen molar-refractivity contribution in [3.05, 3.63) is 53.6 Å². The normalized spacial score (nSPS) is 27.8. The van der Waals surface area contributed by atoms with Crippen LogP contribution in [0.2, 0.25) is 0 Å². The molecule has 1 saturated heterocycles. The lowest BCUT2D eigenvalue weighted by Crippen LogP contribution is -2.43. The summed E-state index contributed by atoms with van der Waals surface area (Å²) >= 11 is 0. The number of rotatable bonds is 3. The summed E-state index contributed by atoms with van der Waals surface area (Å²) in [5.41, 5.74) is 3.02. The Morgan fingerprint density at radius 2 is 2.09 bits per heavy atom. The van der Waals surface area contributed by atoms with Gasteiger partial charge in [-0.15, -0.1) is 0 Å². The van der Waals surface area contributed by atoms with Crippen molar-refractivity contribution in [1.82, 2.24) is 14.9 Å². The van der Waals surface area contributed by atoms with Crippen LogP contribution in [0.25, 0.3) is 0 Å². The lowest BCUT2D eigenvalue weighted by Gasteiger charge is -2.30. The number of fused-ring (bicyclic) bond motifs is 1. The first kappa shape index (κ1) is 14.0. The summed E-state index contributed by atoms with van der Waals surface area (Å²) < 4.78 is 8.03. The van der Waals surface area contributed by atoms with Crippen LogP contribution < -0.4 is 5.32 Å². The van der Waals surface area contributed by atoms with Gasteiger partial charge in [-0.05, 0) is 36.8 Å². The minimum atomic E-state index is 0.0807. The molecule has 1 unspecified atom stereocenters. The predicted molar refractivity (Wildman–Crippen MR) is 85.7 cm³/mol. The van der Waals surface area contributed by atoms with Gasteiger partial charge >= 0.3 is 0 Å². The minimum absolute atomic E-state index is 0.0807. The van der Waals surface area contributed by atoms with Crippen molar-refractivity contribution in [2.45, 2.75) is 43.9 Å². The van der Waals surface area contributed by atoms with Gasteiger partial charge < -0.3 is 14.6 Å². The lowest BCUT2D eigenvalue weighted by molar-refractivity contribution is 0.0867. The Morgan fingerprint density at radius 1 is 1.23 bits per heavy atom. The minimum Gasteiger partial charge on any atom is -0.369 e. The molecule has 1 aromatic carbocycles. The number of aryl methyl sites for hydroxylation is 2. The van der Waals surface area contributed by atoms with Crippen LogP contribution in [0, 0.1) is 0 Å². The Labute approximate surface area is 131 Å². The second-order valence-corrected chi connectivity index (χ2v) is 6.46. The molecular weight excluding hydrogens is 274 g/mol. The quantitative estimate of drug-likeness (QED) is 0.945. The number of ether oxygens (including phenoxy) is 1. The smallest absolute Gasteiger partial charge is 0.139 e. The highest BCUT2D eigenvalue weighted by Gasteiger charge is 2.34. The first-order valence-electron chi connectivity index (χ1n) is 8.23. The summed E-state index contributed by atoms with van der Waals surface area (Å²) in [7, 11) is 2.04. The van der Waals surface area contributed by atoms with Gasteiger partial charge in [0.1, 0.15) is 11.9 Å². The van der Waals surface area contributed by atoms with Gasteiger partial charge in [0, 0.05) is 38.1 Å². The molecule has 1 fully saturated rings. The van der Waals surface area contributed by atoms with Crippen molar-refractivity contribution in [3.8, 4) is 0 Å². The highest BCUT2D eigenvalue weighted by atomic mass is 16.5. The van der Waals surface area contributed by atoms with Gasteiger partial charge in [-0.25, -0.2) is 4.98 Å². The van der Waals surface area contributed by atoms with Crippen molar-refractivity contribution in [3.63, 3.8) is 0 Å². The molecule has 0 bridgehead atoms. The maximum Gasteiger partial charge on any atom is 0.139 e. The van der Waals surface area contributed by atoms with Gasteiger partial charge in [0.2, 0.25) is 0 Å². The number of imidazole rings is 1. The maximum absolute atomic E-state index is 5.96. The summed E-state index contributed by atoms with van der Waals surface area (Å²) in [5, 5.41) is 3.85. The van der Waals surface area contributed by atoms with Crippen molar-refractivity contribution in [1.29, 1.82) is 0 Å². The van der Waals surface area contributed by atoms with E-state index in [1.807, 2.05) is 19.4 Å². The van der Waals surface area contributed by atoms with Crippen LogP contribution in [0.15, 0.2) is 36.7 Å². The standard InChI is InChI=1S/C18H23N3O/c1-21-10-9-19-18(21)17-16(8-11-22-17)20-15-7-6-13-4-2-3-5-14(13)12-15/h2-5,9-10,15-17,20H,6-8,11-12H2,1H3/t15?,16-,17-/m0/s1. The Bertz CT molecular complexity index is 651. The molecule has 4 nitrogen and oxygen atoms in total. The third-order valence-corrected chi connectivity index (χ3v) is 5.00. The van der Waals surface area contributed by atoms with Crippen molar-refractivity contribution in [2.75, 3.05) is 6.61 Å². The zero-order chi connectivity index (χ0) is 14.9. The van der Waals surface area contributed by atoms with E-state index in [0.717, 1.165) is 25.3 Å².